The predicted molar refractivity (Wildman–Crippen MR) is 85.1 cm³/mol. The molecule has 1 fully saturated rings. The van der Waals surface area contributed by atoms with E-state index in [0.717, 1.165) is 9.37 Å². The molecule has 0 aliphatic carbocycles. The number of aromatic hydroxyl groups is 1. The summed E-state index contributed by atoms with van der Waals surface area (Å²) in [6, 6.07) is 3.74. The molecule has 0 unspecified atom stereocenters. The first-order valence-corrected chi connectivity index (χ1v) is 7.79. The third kappa shape index (κ3) is 3.17. The van der Waals surface area contributed by atoms with Crippen molar-refractivity contribution in [3.05, 3.63) is 33.1 Å². The minimum atomic E-state index is -1.00. The van der Waals surface area contributed by atoms with Gasteiger partial charge in [0.15, 0.2) is 0 Å². The maximum atomic E-state index is 12.3. The number of rotatable bonds is 3. The van der Waals surface area contributed by atoms with E-state index in [1.54, 1.807) is 12.1 Å². The fourth-order valence-corrected chi connectivity index (χ4v) is 3.15. The predicted octanol–water partition coefficient (Wildman–Crippen LogP) is 2.75. The molecular weight excluding hydrogens is 374 g/mol. The number of methoxy groups -OCH3 is 1. The molecule has 0 bridgehead atoms. The van der Waals surface area contributed by atoms with Crippen LogP contribution in [0, 0.1) is 0 Å². The summed E-state index contributed by atoms with van der Waals surface area (Å²) >= 11 is 3.98. The van der Waals surface area contributed by atoms with Crippen LogP contribution in [0.4, 0.5) is 4.79 Å². The molecule has 0 radical (unpaired) electrons. The summed E-state index contributed by atoms with van der Waals surface area (Å²) in [6.07, 6.45) is 1.41. The van der Waals surface area contributed by atoms with Gasteiger partial charge in [0, 0.05) is 10.0 Å². The Morgan fingerprint density at radius 1 is 1.45 bits per heavy atom. The monoisotopic (exact) mass is 385 g/mol. The van der Waals surface area contributed by atoms with Gasteiger partial charge in [0.25, 0.3) is 11.1 Å². The van der Waals surface area contributed by atoms with E-state index < -0.39 is 23.2 Å². The number of benzene rings is 1. The number of ether oxygens (including phenoxy) is 1. The van der Waals surface area contributed by atoms with Crippen LogP contribution in [-0.4, -0.2) is 40.3 Å². The number of esters is 1. The summed E-state index contributed by atoms with van der Waals surface area (Å²) in [6.45, 7) is 1.42. The SMILES string of the molecule is COC(=O)[C@H](C)N1C(=O)S/C(=C/c2cc(Br)ccc2O)C1=O. The lowest BCUT2D eigenvalue weighted by molar-refractivity contribution is -0.148. The minimum Gasteiger partial charge on any atom is -0.507 e. The molecule has 1 N–H and O–H groups in total. The van der Waals surface area contributed by atoms with Gasteiger partial charge < -0.3 is 9.84 Å². The highest BCUT2D eigenvalue weighted by Gasteiger charge is 2.41. The van der Waals surface area contributed by atoms with Crippen LogP contribution in [0.25, 0.3) is 6.08 Å². The molecule has 6 nitrogen and oxygen atoms in total. The van der Waals surface area contributed by atoms with Crippen LogP contribution in [-0.2, 0) is 14.3 Å². The lowest BCUT2D eigenvalue weighted by atomic mass is 10.2. The van der Waals surface area contributed by atoms with Gasteiger partial charge in [-0.15, -0.1) is 0 Å². The molecule has 1 aromatic rings. The number of imide groups is 1. The number of phenols is 1. The Bertz CT molecular complexity index is 688. The lowest BCUT2D eigenvalue weighted by Crippen LogP contribution is -2.42. The molecule has 1 atom stereocenters. The van der Waals surface area contributed by atoms with Gasteiger partial charge in [-0.3, -0.25) is 14.5 Å². The number of halogens is 1. The van der Waals surface area contributed by atoms with E-state index in [2.05, 4.69) is 20.7 Å². The number of thioether (sulfide) groups is 1. The standard InChI is InChI=1S/C14H12BrNO5S/c1-7(13(19)21-2)16-12(18)11(22-14(16)20)6-8-5-9(15)3-4-10(8)17/h3-7,17H,1-2H3/b11-6+/t7-/m0/s1. The largest absolute Gasteiger partial charge is 0.507 e. The van der Waals surface area contributed by atoms with Crippen molar-refractivity contribution in [2.45, 2.75) is 13.0 Å². The summed E-state index contributed by atoms with van der Waals surface area (Å²) in [5, 5.41) is 9.24. The zero-order chi connectivity index (χ0) is 16.4. The fourth-order valence-electron chi connectivity index (χ4n) is 1.87. The van der Waals surface area contributed by atoms with E-state index in [9.17, 15) is 19.5 Å². The summed E-state index contributed by atoms with van der Waals surface area (Å²) in [5.74, 6) is -1.28. The van der Waals surface area contributed by atoms with Gasteiger partial charge in [0.05, 0.1) is 12.0 Å². The average Bonchev–Trinajstić information content (AvgIpc) is 2.75. The first-order valence-electron chi connectivity index (χ1n) is 6.18. The first-order chi connectivity index (χ1) is 10.3. The zero-order valence-corrected chi connectivity index (χ0v) is 14.1. The number of phenolic OH excluding ortho intramolecular Hbond substituents is 1. The number of nitrogens with zero attached hydrogens (tertiary/aromatic N) is 1. The smallest absolute Gasteiger partial charge is 0.328 e. The number of hydrogen-bond acceptors (Lipinski definition) is 6. The molecule has 1 aliphatic heterocycles. The van der Waals surface area contributed by atoms with Crippen LogP contribution in [0.3, 0.4) is 0 Å². The van der Waals surface area contributed by atoms with Crippen LogP contribution < -0.4 is 0 Å². The van der Waals surface area contributed by atoms with Crippen LogP contribution in [0.2, 0.25) is 0 Å². The van der Waals surface area contributed by atoms with Crippen molar-refractivity contribution in [3.63, 3.8) is 0 Å². The normalized spacial score (nSPS) is 18.0. The Kier molecular flexibility index (Phi) is 4.92. The Balaban J connectivity index is 2.33. The Labute approximate surface area is 139 Å². The number of carbonyl (C=O) groups is 3. The van der Waals surface area contributed by atoms with Crippen molar-refractivity contribution in [2.75, 3.05) is 7.11 Å². The van der Waals surface area contributed by atoms with Gasteiger partial charge in [-0.1, -0.05) is 15.9 Å². The van der Waals surface area contributed by atoms with Gasteiger partial charge in [-0.05, 0) is 43.0 Å². The summed E-state index contributed by atoms with van der Waals surface area (Å²) in [7, 11) is 1.19. The molecule has 0 aromatic heterocycles. The molecule has 116 valence electrons. The first kappa shape index (κ1) is 16.6. The van der Waals surface area contributed by atoms with Crippen molar-refractivity contribution in [1.29, 1.82) is 0 Å². The Morgan fingerprint density at radius 3 is 2.77 bits per heavy atom. The molecule has 22 heavy (non-hydrogen) atoms. The van der Waals surface area contributed by atoms with E-state index in [1.165, 1.54) is 26.2 Å². The van der Waals surface area contributed by atoms with Crippen molar-refractivity contribution >= 4 is 50.9 Å². The van der Waals surface area contributed by atoms with Crippen molar-refractivity contribution in [3.8, 4) is 5.75 Å². The highest BCUT2D eigenvalue weighted by atomic mass is 79.9. The van der Waals surface area contributed by atoms with E-state index in [4.69, 9.17) is 0 Å². The van der Waals surface area contributed by atoms with Crippen LogP contribution in [0.5, 0.6) is 5.75 Å². The maximum Gasteiger partial charge on any atom is 0.328 e. The molecule has 8 heteroatoms. The van der Waals surface area contributed by atoms with Gasteiger partial charge in [0.2, 0.25) is 0 Å². The molecule has 0 saturated carbocycles. The minimum absolute atomic E-state index is 0.0176. The van der Waals surface area contributed by atoms with Crippen LogP contribution in [0.15, 0.2) is 27.6 Å². The second kappa shape index (κ2) is 6.53. The van der Waals surface area contributed by atoms with Crippen molar-refractivity contribution in [1.82, 2.24) is 4.90 Å². The zero-order valence-electron chi connectivity index (χ0n) is 11.7. The highest BCUT2D eigenvalue weighted by Crippen LogP contribution is 2.35. The molecule has 1 heterocycles. The fraction of sp³-hybridized carbons (Fsp3) is 0.214. The summed E-state index contributed by atoms with van der Waals surface area (Å²) in [4.78, 5) is 36.7. The molecule has 2 amide bonds. The van der Waals surface area contributed by atoms with Gasteiger partial charge in [0.1, 0.15) is 11.8 Å². The number of carbonyl (C=O) groups excluding carboxylic acids is 3. The van der Waals surface area contributed by atoms with Gasteiger partial charge >= 0.3 is 5.97 Å². The third-order valence-corrected chi connectivity index (χ3v) is 4.41. The van der Waals surface area contributed by atoms with Crippen molar-refractivity contribution in [2.24, 2.45) is 0 Å². The van der Waals surface area contributed by atoms with E-state index in [0.29, 0.717) is 17.3 Å². The molecule has 1 saturated heterocycles. The lowest BCUT2D eigenvalue weighted by Gasteiger charge is -2.18. The van der Waals surface area contributed by atoms with E-state index in [-0.39, 0.29) is 10.7 Å². The Hall–Kier alpha value is -1.80. The van der Waals surface area contributed by atoms with E-state index in [1.807, 2.05) is 0 Å². The van der Waals surface area contributed by atoms with Gasteiger partial charge in [-0.25, -0.2) is 4.79 Å². The molecule has 2 rings (SSSR count). The molecule has 0 spiro atoms. The average molecular weight is 386 g/mol. The summed E-state index contributed by atoms with van der Waals surface area (Å²) in [5.41, 5.74) is 0.394. The third-order valence-electron chi connectivity index (χ3n) is 3.03. The second-order valence-corrected chi connectivity index (χ2v) is 6.36. The summed E-state index contributed by atoms with van der Waals surface area (Å²) < 4.78 is 5.27. The maximum absolute atomic E-state index is 12.3. The molecular formula is C14H12BrNO5S. The van der Waals surface area contributed by atoms with Gasteiger partial charge in [-0.2, -0.15) is 0 Å². The molecule has 1 aliphatic rings. The highest BCUT2D eigenvalue weighted by molar-refractivity contribution is 9.10. The van der Waals surface area contributed by atoms with Crippen LogP contribution in [0.1, 0.15) is 12.5 Å². The topological polar surface area (TPSA) is 83.9 Å². The Morgan fingerprint density at radius 2 is 2.14 bits per heavy atom. The number of amides is 2. The quantitative estimate of drug-likeness (QED) is 0.635. The van der Waals surface area contributed by atoms with Crippen molar-refractivity contribution < 1.29 is 24.2 Å². The van der Waals surface area contributed by atoms with Crippen LogP contribution >= 0.6 is 27.7 Å². The second-order valence-electron chi connectivity index (χ2n) is 4.45. The molecule has 1 aromatic carbocycles. The van der Waals surface area contributed by atoms with E-state index >= 15 is 0 Å². The number of hydrogen-bond donors (Lipinski definition) is 1.